The van der Waals surface area contributed by atoms with Crippen LogP contribution in [0.1, 0.15) is 24.8 Å². The van der Waals surface area contributed by atoms with Gasteiger partial charge in [0.15, 0.2) is 0 Å². The quantitative estimate of drug-likeness (QED) is 0.328. The van der Waals surface area contributed by atoms with Crippen LogP contribution in [0.2, 0.25) is 5.02 Å². The highest BCUT2D eigenvalue weighted by molar-refractivity contribution is 7.93. The maximum atomic E-state index is 13.5. The van der Waals surface area contributed by atoms with E-state index < -0.39 is 32.5 Å². The van der Waals surface area contributed by atoms with Gasteiger partial charge in [-0.1, -0.05) is 47.9 Å². The third-order valence-electron chi connectivity index (χ3n) is 6.49. The van der Waals surface area contributed by atoms with E-state index >= 15 is 0 Å². The van der Waals surface area contributed by atoms with Gasteiger partial charge in [0.05, 0.1) is 27.0 Å². The van der Waals surface area contributed by atoms with Gasteiger partial charge in [-0.05, 0) is 68.3 Å². The van der Waals surface area contributed by atoms with Crippen molar-refractivity contribution in [3.63, 3.8) is 0 Å². The molecule has 0 atom stereocenters. The Kier molecular flexibility index (Phi) is 9.72. The van der Waals surface area contributed by atoms with E-state index in [1.54, 1.807) is 48.5 Å². The van der Waals surface area contributed by atoms with Crippen molar-refractivity contribution in [1.29, 1.82) is 0 Å². The first-order valence-corrected chi connectivity index (χ1v) is 16.2. The molecule has 1 heterocycles. The topological polar surface area (TPSA) is 113 Å². The van der Waals surface area contributed by atoms with E-state index in [4.69, 9.17) is 16.3 Å². The Bertz CT molecular complexity index is 1520. The van der Waals surface area contributed by atoms with Crippen molar-refractivity contribution in [2.45, 2.75) is 36.0 Å². The lowest BCUT2D eigenvalue weighted by atomic mass is 10.2. The van der Waals surface area contributed by atoms with Crippen molar-refractivity contribution >= 4 is 43.2 Å². The average Bonchev–Trinajstić information content (AvgIpc) is 2.95. The Morgan fingerprint density at radius 1 is 0.900 bits per heavy atom. The number of carbonyl (C=O) groups excluding carboxylic acids is 1. The monoisotopic (exact) mass is 605 g/mol. The summed E-state index contributed by atoms with van der Waals surface area (Å²) in [7, 11) is -7.61. The smallest absolute Gasteiger partial charge is 0.264 e. The zero-order chi connectivity index (χ0) is 28.8. The first-order valence-electron chi connectivity index (χ1n) is 12.9. The number of aryl methyl sites for hydroxylation is 1. The van der Waals surface area contributed by atoms with Crippen molar-refractivity contribution in [3.05, 3.63) is 83.4 Å². The molecule has 12 heteroatoms. The summed E-state index contributed by atoms with van der Waals surface area (Å²) in [4.78, 5) is 13.1. The van der Waals surface area contributed by atoms with Crippen LogP contribution in [0.4, 0.5) is 5.69 Å². The molecule has 1 fully saturated rings. The number of nitrogens with zero attached hydrogens (tertiary/aromatic N) is 2. The second-order valence-electron chi connectivity index (χ2n) is 9.41. The molecule has 3 aromatic carbocycles. The Morgan fingerprint density at radius 2 is 1.52 bits per heavy atom. The fourth-order valence-corrected chi connectivity index (χ4v) is 7.54. The van der Waals surface area contributed by atoms with E-state index in [0.717, 1.165) is 29.1 Å². The number of piperidine rings is 1. The summed E-state index contributed by atoms with van der Waals surface area (Å²) in [5.41, 5.74) is 1.09. The van der Waals surface area contributed by atoms with Crippen molar-refractivity contribution in [2.24, 2.45) is 0 Å². The van der Waals surface area contributed by atoms with E-state index in [9.17, 15) is 21.6 Å². The number of hydrogen-bond donors (Lipinski definition) is 1. The lowest BCUT2D eigenvalue weighted by Crippen LogP contribution is -2.42. The summed E-state index contributed by atoms with van der Waals surface area (Å²) in [5, 5.41) is 2.86. The normalized spacial score (nSPS) is 14.4. The molecule has 0 saturated carbocycles. The van der Waals surface area contributed by atoms with Crippen LogP contribution >= 0.6 is 11.6 Å². The summed E-state index contributed by atoms with van der Waals surface area (Å²) in [6, 6.07) is 18.9. The van der Waals surface area contributed by atoms with Gasteiger partial charge in [-0.25, -0.2) is 16.8 Å². The Balaban J connectivity index is 1.36. The van der Waals surface area contributed by atoms with Gasteiger partial charge in [-0.15, -0.1) is 0 Å². The second-order valence-corrected chi connectivity index (χ2v) is 13.6. The van der Waals surface area contributed by atoms with Crippen LogP contribution in [0.25, 0.3) is 0 Å². The maximum Gasteiger partial charge on any atom is 0.264 e. The predicted molar refractivity (Wildman–Crippen MR) is 155 cm³/mol. The van der Waals surface area contributed by atoms with Crippen molar-refractivity contribution in [1.82, 2.24) is 9.62 Å². The SMILES string of the molecule is Cc1ccc(S(=O)(=O)N(CC(=O)NCCOc2ccc(S(=O)(=O)N3CCCCC3)cc2)c2ccccc2Cl)cc1. The standard InChI is InChI=1S/C28H32ClN3O6S2/c1-22-9-13-25(14-10-22)40(36,37)32(27-8-4-3-7-26(27)29)21-28(33)30-17-20-38-23-11-15-24(16-12-23)39(34,35)31-18-5-2-6-19-31/h3-4,7-16H,2,5-6,17-21H2,1H3,(H,30,33). The van der Waals surface area contributed by atoms with Gasteiger partial charge < -0.3 is 10.1 Å². The number of sulfonamides is 2. The fourth-order valence-electron chi connectivity index (χ4n) is 4.30. The van der Waals surface area contributed by atoms with Gasteiger partial charge in [0, 0.05) is 13.1 Å². The van der Waals surface area contributed by atoms with Crippen LogP contribution in [-0.4, -0.2) is 59.8 Å². The van der Waals surface area contributed by atoms with E-state index in [0.29, 0.717) is 18.8 Å². The summed E-state index contributed by atoms with van der Waals surface area (Å²) in [5.74, 6) is -0.0892. The molecule has 1 aliphatic heterocycles. The van der Waals surface area contributed by atoms with Gasteiger partial charge in [0.1, 0.15) is 18.9 Å². The molecule has 214 valence electrons. The van der Waals surface area contributed by atoms with E-state index in [2.05, 4.69) is 5.32 Å². The van der Waals surface area contributed by atoms with Gasteiger partial charge >= 0.3 is 0 Å². The number of carbonyl (C=O) groups is 1. The Labute approximate surface area is 240 Å². The summed E-state index contributed by atoms with van der Waals surface area (Å²) in [6.45, 7) is 2.63. The van der Waals surface area contributed by atoms with Gasteiger partial charge in [-0.3, -0.25) is 9.10 Å². The third-order valence-corrected chi connectivity index (χ3v) is 10.5. The fraction of sp³-hybridized carbons (Fsp3) is 0.321. The number of nitrogens with one attached hydrogen (secondary N) is 1. The molecule has 0 aromatic heterocycles. The molecule has 0 aliphatic carbocycles. The summed E-state index contributed by atoms with van der Waals surface area (Å²) in [6.07, 6.45) is 2.76. The van der Waals surface area contributed by atoms with Crippen LogP contribution in [0, 0.1) is 6.92 Å². The summed E-state index contributed by atoms with van der Waals surface area (Å²) >= 11 is 6.30. The number of anilines is 1. The predicted octanol–water partition coefficient (Wildman–Crippen LogP) is 4.21. The number of para-hydroxylation sites is 1. The number of benzene rings is 3. The number of hydrogen-bond acceptors (Lipinski definition) is 6. The highest BCUT2D eigenvalue weighted by Crippen LogP contribution is 2.30. The zero-order valence-electron chi connectivity index (χ0n) is 22.1. The lowest BCUT2D eigenvalue weighted by molar-refractivity contribution is -0.119. The molecule has 3 aromatic rings. The number of amides is 1. The number of rotatable bonds is 11. The first kappa shape index (κ1) is 29.9. The highest BCUT2D eigenvalue weighted by Gasteiger charge is 2.29. The molecule has 1 aliphatic rings. The van der Waals surface area contributed by atoms with E-state index in [1.165, 1.54) is 28.6 Å². The zero-order valence-corrected chi connectivity index (χ0v) is 24.5. The molecule has 4 rings (SSSR count). The molecule has 0 unspecified atom stereocenters. The minimum atomic E-state index is -4.08. The molecule has 1 N–H and O–H groups in total. The number of halogens is 1. The van der Waals surface area contributed by atoms with Gasteiger partial charge in [-0.2, -0.15) is 4.31 Å². The minimum Gasteiger partial charge on any atom is -0.492 e. The average molecular weight is 606 g/mol. The van der Waals surface area contributed by atoms with Crippen molar-refractivity contribution < 1.29 is 26.4 Å². The van der Waals surface area contributed by atoms with Crippen molar-refractivity contribution in [3.8, 4) is 5.75 Å². The van der Waals surface area contributed by atoms with Crippen LogP contribution in [0.15, 0.2) is 82.6 Å². The van der Waals surface area contributed by atoms with E-state index in [-0.39, 0.29) is 33.7 Å². The third kappa shape index (κ3) is 7.14. The molecule has 0 spiro atoms. The lowest BCUT2D eigenvalue weighted by Gasteiger charge is -2.25. The molecule has 1 amide bonds. The molecule has 9 nitrogen and oxygen atoms in total. The molecular formula is C28H32ClN3O6S2. The van der Waals surface area contributed by atoms with E-state index in [1.807, 2.05) is 6.92 Å². The molecular weight excluding hydrogens is 574 g/mol. The minimum absolute atomic E-state index is 0.0416. The first-order chi connectivity index (χ1) is 19.1. The number of ether oxygens (including phenoxy) is 1. The molecule has 0 radical (unpaired) electrons. The summed E-state index contributed by atoms with van der Waals surface area (Å²) < 4.78 is 60.7. The van der Waals surface area contributed by atoms with Crippen LogP contribution in [0.3, 0.4) is 0 Å². The molecule has 40 heavy (non-hydrogen) atoms. The van der Waals surface area contributed by atoms with Gasteiger partial charge in [0.25, 0.3) is 10.0 Å². The largest absolute Gasteiger partial charge is 0.492 e. The van der Waals surface area contributed by atoms with Gasteiger partial charge in [0.2, 0.25) is 15.9 Å². The van der Waals surface area contributed by atoms with Crippen molar-refractivity contribution in [2.75, 3.05) is 37.1 Å². The second kappa shape index (κ2) is 13.0. The van der Waals surface area contributed by atoms with Crippen LogP contribution in [-0.2, 0) is 24.8 Å². The Morgan fingerprint density at radius 3 is 2.17 bits per heavy atom. The van der Waals surface area contributed by atoms with Crippen LogP contribution in [0.5, 0.6) is 5.75 Å². The maximum absolute atomic E-state index is 13.5. The van der Waals surface area contributed by atoms with Crippen LogP contribution < -0.4 is 14.4 Å². The highest BCUT2D eigenvalue weighted by atomic mass is 35.5. The molecule has 0 bridgehead atoms. The Hall–Kier alpha value is -3.12. The molecule has 1 saturated heterocycles.